The number of ether oxygens (including phenoxy) is 1. The maximum absolute atomic E-state index is 12.2. The molecule has 116 valence electrons. The van der Waals surface area contributed by atoms with Crippen molar-refractivity contribution in [3.63, 3.8) is 0 Å². The molecule has 2 rings (SSSR count). The molecule has 0 aliphatic heterocycles. The number of carbonyl (C=O) groups excluding carboxylic acids is 1. The highest BCUT2D eigenvalue weighted by molar-refractivity contribution is 5.81. The molecule has 2 unspecified atom stereocenters. The minimum atomic E-state index is -2.84. The van der Waals surface area contributed by atoms with Crippen molar-refractivity contribution >= 4 is 5.91 Å². The summed E-state index contributed by atoms with van der Waals surface area (Å²) in [6, 6.07) is 6.31. The average Bonchev–Trinajstić information content (AvgIpc) is 3.22. The van der Waals surface area contributed by atoms with Gasteiger partial charge >= 0.3 is 6.61 Å². The third-order valence-electron chi connectivity index (χ3n) is 3.40. The summed E-state index contributed by atoms with van der Waals surface area (Å²) in [5.41, 5.74) is 0.791. The van der Waals surface area contributed by atoms with Crippen molar-refractivity contribution in [2.45, 2.75) is 51.4 Å². The van der Waals surface area contributed by atoms with Crippen molar-refractivity contribution in [3.05, 3.63) is 29.8 Å². The molecular weight excluding hydrogens is 278 g/mol. The molecule has 1 aliphatic rings. The maximum Gasteiger partial charge on any atom is 0.387 e. The number of alkyl halides is 2. The Hall–Kier alpha value is -1.69. The molecule has 1 saturated carbocycles. The summed E-state index contributed by atoms with van der Waals surface area (Å²) in [5, 5.41) is 6.08. The Labute approximate surface area is 122 Å². The summed E-state index contributed by atoms with van der Waals surface area (Å²) >= 11 is 0. The fourth-order valence-corrected chi connectivity index (χ4v) is 2.06. The molecule has 0 spiro atoms. The van der Waals surface area contributed by atoms with Crippen LogP contribution in [0.15, 0.2) is 24.3 Å². The van der Waals surface area contributed by atoms with Gasteiger partial charge in [0.05, 0.1) is 6.04 Å². The van der Waals surface area contributed by atoms with Crippen LogP contribution in [0.4, 0.5) is 8.78 Å². The number of rotatable bonds is 7. The molecule has 0 heterocycles. The summed E-state index contributed by atoms with van der Waals surface area (Å²) in [5.74, 6) is 0.0792. The Balaban J connectivity index is 1.92. The highest BCUT2D eigenvalue weighted by atomic mass is 19.3. The molecule has 1 fully saturated rings. The van der Waals surface area contributed by atoms with E-state index in [1.807, 2.05) is 13.0 Å². The number of benzene rings is 1. The maximum atomic E-state index is 12.2. The lowest BCUT2D eigenvalue weighted by Gasteiger charge is -2.20. The molecule has 0 saturated heterocycles. The van der Waals surface area contributed by atoms with Crippen LogP contribution in [-0.2, 0) is 4.79 Å². The molecule has 0 aromatic heterocycles. The lowest BCUT2D eigenvalue weighted by molar-refractivity contribution is -0.123. The van der Waals surface area contributed by atoms with E-state index in [0.29, 0.717) is 6.04 Å². The topological polar surface area (TPSA) is 50.4 Å². The Kier molecular flexibility index (Phi) is 5.12. The zero-order chi connectivity index (χ0) is 15.4. The molecule has 0 bridgehead atoms. The van der Waals surface area contributed by atoms with E-state index in [4.69, 9.17) is 0 Å². The summed E-state index contributed by atoms with van der Waals surface area (Å²) in [6.07, 6.45) is 2.09. The second kappa shape index (κ2) is 6.85. The first-order valence-corrected chi connectivity index (χ1v) is 7.07. The first kappa shape index (κ1) is 15.7. The number of nitrogens with one attached hydrogen (secondary N) is 2. The van der Waals surface area contributed by atoms with E-state index in [1.54, 1.807) is 19.1 Å². The average molecular weight is 298 g/mol. The van der Waals surface area contributed by atoms with Crippen molar-refractivity contribution < 1.29 is 18.3 Å². The summed E-state index contributed by atoms with van der Waals surface area (Å²) < 4.78 is 28.8. The quantitative estimate of drug-likeness (QED) is 0.813. The number of hydrogen-bond donors (Lipinski definition) is 2. The number of carbonyl (C=O) groups is 1. The van der Waals surface area contributed by atoms with Crippen LogP contribution < -0.4 is 15.4 Å². The van der Waals surface area contributed by atoms with Crippen LogP contribution in [0.25, 0.3) is 0 Å². The van der Waals surface area contributed by atoms with Crippen LogP contribution in [0.5, 0.6) is 5.75 Å². The van der Waals surface area contributed by atoms with Gasteiger partial charge in [-0.25, -0.2) is 0 Å². The van der Waals surface area contributed by atoms with Crippen LogP contribution >= 0.6 is 0 Å². The molecule has 2 atom stereocenters. The molecule has 4 nitrogen and oxygen atoms in total. The SMILES string of the molecule is CC(NC(C)c1cccc(OC(F)F)c1)C(=O)NC1CC1. The summed E-state index contributed by atoms with van der Waals surface area (Å²) in [6.45, 7) is 0.822. The van der Waals surface area contributed by atoms with E-state index in [9.17, 15) is 13.6 Å². The third kappa shape index (κ3) is 4.97. The van der Waals surface area contributed by atoms with Gasteiger partial charge in [-0.3, -0.25) is 10.1 Å². The number of halogens is 2. The minimum absolute atomic E-state index is 0.0377. The minimum Gasteiger partial charge on any atom is -0.435 e. The molecule has 1 aromatic rings. The third-order valence-corrected chi connectivity index (χ3v) is 3.40. The molecule has 1 amide bonds. The van der Waals surface area contributed by atoms with Gasteiger partial charge in [0.15, 0.2) is 0 Å². The summed E-state index contributed by atoms with van der Waals surface area (Å²) in [4.78, 5) is 11.9. The van der Waals surface area contributed by atoms with Gasteiger partial charge in [0.1, 0.15) is 5.75 Å². The van der Waals surface area contributed by atoms with Gasteiger partial charge in [-0.05, 0) is 44.4 Å². The van der Waals surface area contributed by atoms with Gasteiger partial charge in [-0.15, -0.1) is 0 Å². The van der Waals surface area contributed by atoms with E-state index in [-0.39, 0.29) is 23.7 Å². The zero-order valence-corrected chi connectivity index (χ0v) is 12.1. The van der Waals surface area contributed by atoms with Crippen molar-refractivity contribution in [1.29, 1.82) is 0 Å². The Morgan fingerprint density at radius 2 is 2.05 bits per heavy atom. The molecule has 1 aromatic carbocycles. The van der Waals surface area contributed by atoms with Crippen molar-refractivity contribution in [1.82, 2.24) is 10.6 Å². The second-order valence-corrected chi connectivity index (χ2v) is 5.34. The predicted octanol–water partition coefficient (Wildman–Crippen LogP) is 2.61. The van der Waals surface area contributed by atoms with Gasteiger partial charge in [0, 0.05) is 12.1 Å². The van der Waals surface area contributed by atoms with Crippen molar-refractivity contribution in [3.8, 4) is 5.75 Å². The van der Waals surface area contributed by atoms with E-state index >= 15 is 0 Å². The lowest BCUT2D eigenvalue weighted by atomic mass is 10.1. The smallest absolute Gasteiger partial charge is 0.387 e. The number of amides is 1. The normalized spacial score (nSPS) is 17.4. The Bertz CT molecular complexity index is 492. The van der Waals surface area contributed by atoms with Crippen LogP contribution in [0, 0.1) is 0 Å². The fourth-order valence-electron chi connectivity index (χ4n) is 2.06. The largest absolute Gasteiger partial charge is 0.435 e. The highest BCUT2D eigenvalue weighted by Crippen LogP contribution is 2.21. The molecule has 21 heavy (non-hydrogen) atoms. The van der Waals surface area contributed by atoms with Crippen molar-refractivity contribution in [2.75, 3.05) is 0 Å². The van der Waals surface area contributed by atoms with Gasteiger partial charge in [-0.1, -0.05) is 12.1 Å². The molecule has 2 N–H and O–H groups in total. The van der Waals surface area contributed by atoms with Gasteiger partial charge in [0.25, 0.3) is 0 Å². The molecule has 6 heteroatoms. The van der Waals surface area contributed by atoms with Gasteiger partial charge in [0.2, 0.25) is 5.91 Å². The molecule has 0 radical (unpaired) electrons. The lowest BCUT2D eigenvalue weighted by Crippen LogP contribution is -2.43. The van der Waals surface area contributed by atoms with E-state index in [1.165, 1.54) is 6.07 Å². The van der Waals surface area contributed by atoms with Crippen LogP contribution in [-0.4, -0.2) is 24.6 Å². The van der Waals surface area contributed by atoms with Gasteiger partial charge in [-0.2, -0.15) is 8.78 Å². The van der Waals surface area contributed by atoms with Gasteiger partial charge < -0.3 is 10.1 Å². The standard InChI is InChI=1S/C15H20F2N2O2/c1-9(18-10(2)14(20)19-12-6-7-12)11-4-3-5-13(8-11)21-15(16)17/h3-5,8-10,12,15,18H,6-7H2,1-2H3,(H,19,20). The van der Waals surface area contributed by atoms with E-state index in [2.05, 4.69) is 15.4 Å². The first-order valence-electron chi connectivity index (χ1n) is 7.07. The van der Waals surface area contributed by atoms with Crippen molar-refractivity contribution in [2.24, 2.45) is 0 Å². The monoisotopic (exact) mass is 298 g/mol. The summed E-state index contributed by atoms with van der Waals surface area (Å²) in [7, 11) is 0. The zero-order valence-electron chi connectivity index (χ0n) is 12.1. The predicted molar refractivity (Wildman–Crippen MR) is 75.3 cm³/mol. The van der Waals surface area contributed by atoms with E-state index < -0.39 is 6.61 Å². The van der Waals surface area contributed by atoms with Crippen LogP contribution in [0.2, 0.25) is 0 Å². The fraction of sp³-hybridized carbons (Fsp3) is 0.533. The second-order valence-electron chi connectivity index (χ2n) is 5.34. The van der Waals surface area contributed by atoms with Crippen LogP contribution in [0.1, 0.15) is 38.3 Å². The highest BCUT2D eigenvalue weighted by Gasteiger charge is 2.26. The molecule has 1 aliphatic carbocycles. The van der Waals surface area contributed by atoms with E-state index in [0.717, 1.165) is 18.4 Å². The number of hydrogen-bond acceptors (Lipinski definition) is 3. The Morgan fingerprint density at radius 3 is 2.67 bits per heavy atom. The van der Waals surface area contributed by atoms with Crippen LogP contribution in [0.3, 0.4) is 0 Å². The Morgan fingerprint density at radius 1 is 1.33 bits per heavy atom. The first-order chi connectivity index (χ1) is 9.95. The molecular formula is C15H20F2N2O2.